The Kier molecular flexibility index (Phi) is 3.19. The van der Waals surface area contributed by atoms with Crippen LogP contribution >= 0.6 is 11.8 Å². The van der Waals surface area contributed by atoms with E-state index in [1.54, 1.807) is 0 Å². The molecule has 0 aliphatic carbocycles. The summed E-state index contributed by atoms with van der Waals surface area (Å²) in [6.07, 6.45) is 0. The highest BCUT2D eigenvalue weighted by molar-refractivity contribution is 7.99. The molecule has 0 saturated carbocycles. The Bertz CT molecular complexity index is 509. The molecule has 0 saturated heterocycles. The summed E-state index contributed by atoms with van der Waals surface area (Å²) >= 11 is 1.13. The van der Waals surface area contributed by atoms with Crippen molar-refractivity contribution in [2.24, 2.45) is 0 Å². The van der Waals surface area contributed by atoms with Gasteiger partial charge in [-0.2, -0.15) is 0 Å². The monoisotopic (exact) mass is 254 g/mol. The molecule has 17 heavy (non-hydrogen) atoms. The van der Waals surface area contributed by atoms with E-state index in [4.69, 9.17) is 10.2 Å². The first kappa shape index (κ1) is 11.7. The van der Waals surface area contributed by atoms with Crippen LogP contribution in [0.3, 0.4) is 0 Å². The van der Waals surface area contributed by atoms with E-state index < -0.39 is 23.1 Å². The van der Waals surface area contributed by atoms with Crippen molar-refractivity contribution >= 4 is 11.8 Å². The average molecular weight is 254 g/mol. The van der Waals surface area contributed by atoms with E-state index in [0.717, 1.165) is 23.9 Å². The van der Waals surface area contributed by atoms with Crippen LogP contribution in [0.15, 0.2) is 46.2 Å². The molecule has 0 atom stereocenters. The lowest BCUT2D eigenvalue weighted by Crippen LogP contribution is -1.80. The molecule has 2 aromatic carbocycles. The third-order valence-electron chi connectivity index (χ3n) is 2.07. The lowest BCUT2D eigenvalue weighted by atomic mass is 10.3. The Hall–Kier alpha value is -1.75. The smallest absolute Gasteiger partial charge is 0.165 e. The number of phenolic OH excluding ortho intramolecular Hbond substituents is 2. The van der Waals surface area contributed by atoms with E-state index in [1.165, 1.54) is 24.3 Å². The van der Waals surface area contributed by atoms with Crippen LogP contribution in [0, 0.1) is 11.6 Å². The first-order valence-electron chi connectivity index (χ1n) is 4.71. The SMILES string of the molecule is Oc1ccc(Sc2ccc(O)c(F)c2)cc1F. The van der Waals surface area contributed by atoms with Gasteiger partial charge in [0.1, 0.15) is 0 Å². The molecule has 88 valence electrons. The number of phenols is 2. The van der Waals surface area contributed by atoms with Crippen molar-refractivity contribution in [3.8, 4) is 11.5 Å². The van der Waals surface area contributed by atoms with Crippen LogP contribution in [-0.4, -0.2) is 10.2 Å². The van der Waals surface area contributed by atoms with E-state index in [9.17, 15) is 8.78 Å². The van der Waals surface area contributed by atoms with Crippen molar-refractivity contribution < 1.29 is 19.0 Å². The molecule has 0 aromatic heterocycles. The molecule has 0 aliphatic heterocycles. The molecule has 0 bridgehead atoms. The number of rotatable bonds is 2. The number of aromatic hydroxyl groups is 2. The Morgan fingerprint density at radius 1 is 0.765 bits per heavy atom. The van der Waals surface area contributed by atoms with E-state index in [2.05, 4.69) is 0 Å². The molecule has 0 spiro atoms. The van der Waals surface area contributed by atoms with Gasteiger partial charge < -0.3 is 10.2 Å². The van der Waals surface area contributed by atoms with Gasteiger partial charge >= 0.3 is 0 Å². The lowest BCUT2D eigenvalue weighted by molar-refractivity contribution is 0.431. The van der Waals surface area contributed by atoms with Gasteiger partial charge in [0.05, 0.1) is 0 Å². The summed E-state index contributed by atoms with van der Waals surface area (Å²) in [7, 11) is 0. The molecular weight excluding hydrogens is 246 g/mol. The van der Waals surface area contributed by atoms with Crippen molar-refractivity contribution in [1.82, 2.24) is 0 Å². The first-order chi connectivity index (χ1) is 8.06. The minimum Gasteiger partial charge on any atom is -0.505 e. The van der Waals surface area contributed by atoms with Gasteiger partial charge in [-0.25, -0.2) is 8.78 Å². The second kappa shape index (κ2) is 4.63. The van der Waals surface area contributed by atoms with Crippen LogP contribution in [0.25, 0.3) is 0 Å². The highest BCUT2D eigenvalue weighted by Crippen LogP contribution is 2.32. The topological polar surface area (TPSA) is 40.5 Å². The third kappa shape index (κ3) is 2.68. The van der Waals surface area contributed by atoms with Gasteiger partial charge in [0.25, 0.3) is 0 Å². The number of hydrogen-bond acceptors (Lipinski definition) is 3. The molecule has 0 aliphatic rings. The zero-order chi connectivity index (χ0) is 12.4. The Morgan fingerprint density at radius 3 is 1.53 bits per heavy atom. The van der Waals surface area contributed by atoms with E-state index in [-0.39, 0.29) is 0 Å². The van der Waals surface area contributed by atoms with Crippen LogP contribution in [0.2, 0.25) is 0 Å². The molecule has 2 rings (SSSR count). The second-order valence-electron chi connectivity index (χ2n) is 3.33. The summed E-state index contributed by atoms with van der Waals surface area (Å²) < 4.78 is 26.1. The Balaban J connectivity index is 2.25. The molecule has 0 amide bonds. The Morgan fingerprint density at radius 2 is 1.18 bits per heavy atom. The zero-order valence-corrected chi connectivity index (χ0v) is 9.34. The largest absolute Gasteiger partial charge is 0.505 e. The lowest BCUT2D eigenvalue weighted by Gasteiger charge is -2.03. The quantitative estimate of drug-likeness (QED) is 0.861. The van der Waals surface area contributed by atoms with Gasteiger partial charge in [-0.3, -0.25) is 0 Å². The van der Waals surface area contributed by atoms with Crippen LogP contribution in [-0.2, 0) is 0 Å². The average Bonchev–Trinajstić information content (AvgIpc) is 2.29. The van der Waals surface area contributed by atoms with Gasteiger partial charge in [0, 0.05) is 9.79 Å². The van der Waals surface area contributed by atoms with Crippen LogP contribution in [0.5, 0.6) is 11.5 Å². The standard InChI is InChI=1S/C12H8F2O2S/c13-9-5-7(1-3-11(9)15)17-8-2-4-12(16)10(14)6-8/h1-6,15-16H. The van der Waals surface area contributed by atoms with Crippen LogP contribution in [0.4, 0.5) is 8.78 Å². The van der Waals surface area contributed by atoms with Gasteiger partial charge in [0.15, 0.2) is 23.1 Å². The summed E-state index contributed by atoms with van der Waals surface area (Å²) in [6.45, 7) is 0. The first-order valence-corrected chi connectivity index (χ1v) is 5.53. The predicted octanol–water partition coefficient (Wildman–Crippen LogP) is 3.53. The normalized spacial score (nSPS) is 10.5. The van der Waals surface area contributed by atoms with Crippen LogP contribution in [0.1, 0.15) is 0 Å². The second-order valence-corrected chi connectivity index (χ2v) is 4.48. The maximum absolute atomic E-state index is 13.0. The van der Waals surface area contributed by atoms with Crippen molar-refractivity contribution in [3.05, 3.63) is 48.0 Å². The number of benzene rings is 2. The fourth-order valence-corrected chi connectivity index (χ4v) is 2.11. The summed E-state index contributed by atoms with van der Waals surface area (Å²) in [6, 6.07) is 7.82. The molecule has 2 N–H and O–H groups in total. The molecule has 0 radical (unpaired) electrons. The minimum absolute atomic E-state index is 0.425. The zero-order valence-electron chi connectivity index (χ0n) is 8.52. The highest BCUT2D eigenvalue weighted by atomic mass is 32.2. The predicted molar refractivity (Wildman–Crippen MR) is 60.3 cm³/mol. The van der Waals surface area contributed by atoms with Gasteiger partial charge in [-0.1, -0.05) is 11.8 Å². The third-order valence-corrected chi connectivity index (χ3v) is 3.05. The molecule has 2 aromatic rings. The van der Waals surface area contributed by atoms with Gasteiger partial charge in [-0.05, 0) is 36.4 Å². The Labute approximate surface area is 101 Å². The molecule has 2 nitrogen and oxygen atoms in total. The molecule has 0 fully saturated rings. The highest BCUT2D eigenvalue weighted by Gasteiger charge is 2.06. The van der Waals surface area contributed by atoms with Gasteiger partial charge in [0.2, 0.25) is 0 Å². The summed E-state index contributed by atoms with van der Waals surface area (Å²) in [5.41, 5.74) is 0. The fraction of sp³-hybridized carbons (Fsp3) is 0. The van der Waals surface area contributed by atoms with Gasteiger partial charge in [-0.15, -0.1) is 0 Å². The van der Waals surface area contributed by atoms with Crippen molar-refractivity contribution in [2.45, 2.75) is 9.79 Å². The molecule has 0 heterocycles. The summed E-state index contributed by atoms with van der Waals surface area (Å²) in [5.74, 6) is -2.30. The van der Waals surface area contributed by atoms with E-state index in [0.29, 0.717) is 9.79 Å². The van der Waals surface area contributed by atoms with E-state index in [1.807, 2.05) is 0 Å². The number of hydrogen-bond donors (Lipinski definition) is 2. The van der Waals surface area contributed by atoms with Crippen molar-refractivity contribution in [2.75, 3.05) is 0 Å². The van der Waals surface area contributed by atoms with Crippen LogP contribution < -0.4 is 0 Å². The maximum Gasteiger partial charge on any atom is 0.165 e. The molecule has 5 heteroatoms. The summed E-state index contributed by atoms with van der Waals surface area (Å²) in [4.78, 5) is 1.07. The van der Waals surface area contributed by atoms with E-state index >= 15 is 0 Å². The van der Waals surface area contributed by atoms with Crippen molar-refractivity contribution in [3.63, 3.8) is 0 Å². The molecule has 0 unspecified atom stereocenters. The maximum atomic E-state index is 13.0. The van der Waals surface area contributed by atoms with Crippen molar-refractivity contribution in [1.29, 1.82) is 0 Å². The minimum atomic E-state index is -0.728. The number of halogens is 2. The fourth-order valence-electron chi connectivity index (χ4n) is 1.24. The summed E-state index contributed by atoms with van der Waals surface area (Å²) in [5, 5.41) is 18.0. The molecular formula is C12H8F2O2S.